The summed E-state index contributed by atoms with van der Waals surface area (Å²) in [6, 6.07) is 13.9. The molecular formula is C56H75F6NO2S2. The van der Waals surface area contributed by atoms with Gasteiger partial charge in [0.1, 0.15) is 5.75 Å². The Morgan fingerprint density at radius 3 is 1.27 bits per heavy atom. The van der Waals surface area contributed by atoms with Gasteiger partial charge in [-0.2, -0.15) is 26.3 Å². The summed E-state index contributed by atoms with van der Waals surface area (Å²) < 4.78 is 98.1. The molecule has 11 heteroatoms. The first-order valence-electron chi connectivity index (χ1n) is 25.7. The van der Waals surface area contributed by atoms with Crippen molar-refractivity contribution in [1.82, 2.24) is 5.32 Å². The van der Waals surface area contributed by atoms with Crippen LogP contribution in [0.5, 0.6) is 5.75 Å². The second kappa shape index (κ2) is 24.2. The molecule has 0 unspecified atom stereocenters. The Hall–Kier alpha value is -3.05. The van der Waals surface area contributed by atoms with E-state index < -0.39 is 38.4 Å². The van der Waals surface area contributed by atoms with Gasteiger partial charge in [-0.1, -0.05) is 179 Å². The summed E-state index contributed by atoms with van der Waals surface area (Å²) >= 11 is 2.45. The van der Waals surface area contributed by atoms with Gasteiger partial charge in [0.05, 0.1) is 16.1 Å². The standard InChI is InChI=1S/C56H75F6NO2S2/c1-5-7-9-11-13-15-17-18-19-20-21-23-25-27-37-63-51(64)43-31-29-41(30-32-43)47-39-45-49-50(55(59,60)56(61,62)54(49,57)58)46-40-48(67-53(46,4)52(45,3)66-47)42-33-35-44(36-34-42)65-38-28-26-24-22-16-14-12-10-8-6-2/h29-36,39-40H,5-28,37-38H2,1-4H3,(H,63,64)/t52-,53-/m1/s1. The molecule has 2 aliphatic heterocycles. The zero-order valence-electron chi connectivity index (χ0n) is 40.6. The largest absolute Gasteiger partial charge is 0.494 e. The molecule has 1 saturated carbocycles. The van der Waals surface area contributed by atoms with Crippen LogP contribution in [0.3, 0.4) is 0 Å². The Labute approximate surface area is 406 Å². The van der Waals surface area contributed by atoms with E-state index in [-0.39, 0.29) is 17.1 Å². The van der Waals surface area contributed by atoms with Crippen LogP contribution in [0.2, 0.25) is 0 Å². The van der Waals surface area contributed by atoms with Crippen molar-refractivity contribution in [2.75, 3.05) is 13.2 Å². The van der Waals surface area contributed by atoms with Crippen molar-refractivity contribution in [2.24, 2.45) is 0 Å². The molecule has 1 N–H and O–H groups in total. The molecule has 2 aliphatic carbocycles. The molecule has 2 aromatic carbocycles. The highest BCUT2D eigenvalue weighted by molar-refractivity contribution is 8.14. The molecule has 4 aliphatic rings. The minimum absolute atomic E-state index is 0.204. The van der Waals surface area contributed by atoms with Crippen LogP contribution in [0.1, 0.15) is 203 Å². The SMILES string of the molecule is CCCCCCCCCCCCCCCCNC(=O)c1ccc(C2=CC3=C4C(=C5C=C(c6ccc(OCCCCCCCCCCCC)cc6)S[C@@]5(C)[C@]3(C)S2)C(F)(F)C(F)(F)C4(F)F)cc1. The van der Waals surface area contributed by atoms with Crippen molar-refractivity contribution in [3.8, 4) is 5.75 Å². The van der Waals surface area contributed by atoms with Crippen molar-refractivity contribution in [1.29, 1.82) is 0 Å². The van der Waals surface area contributed by atoms with Gasteiger partial charge in [-0.3, -0.25) is 4.79 Å². The number of thioether (sulfide) groups is 2. The molecular weight excluding hydrogens is 897 g/mol. The number of rotatable bonds is 30. The molecule has 0 radical (unpaired) electrons. The molecule has 2 heterocycles. The number of allylic oxidation sites excluding steroid dienone is 4. The van der Waals surface area contributed by atoms with Gasteiger partial charge in [-0.25, -0.2) is 0 Å². The first-order chi connectivity index (χ1) is 32.1. The lowest BCUT2D eigenvalue weighted by Crippen LogP contribution is -2.48. The van der Waals surface area contributed by atoms with Gasteiger partial charge in [0.25, 0.3) is 5.91 Å². The number of amides is 1. The molecule has 3 nitrogen and oxygen atoms in total. The van der Waals surface area contributed by atoms with Crippen LogP contribution < -0.4 is 10.1 Å². The Kier molecular flexibility index (Phi) is 19.2. The number of carbonyl (C=O) groups is 1. The van der Waals surface area contributed by atoms with Crippen LogP contribution in [0.4, 0.5) is 26.3 Å². The normalized spacial score (nSPS) is 22.1. The molecule has 0 saturated heterocycles. The third-order valence-corrected chi connectivity index (χ3v) is 17.8. The number of fused-ring (bicyclic) bond motifs is 4. The fourth-order valence-corrected chi connectivity index (χ4v) is 13.2. The number of nitrogens with one attached hydrogen (secondary N) is 1. The van der Waals surface area contributed by atoms with E-state index in [1.165, 1.54) is 158 Å². The summed E-state index contributed by atoms with van der Waals surface area (Å²) in [5.41, 5.74) is -1.32. The molecule has 2 atom stereocenters. The van der Waals surface area contributed by atoms with Crippen molar-refractivity contribution in [3.63, 3.8) is 0 Å². The summed E-state index contributed by atoms with van der Waals surface area (Å²) in [5.74, 6) is -15.4. The minimum Gasteiger partial charge on any atom is -0.494 e. The van der Waals surface area contributed by atoms with Crippen LogP contribution in [0.25, 0.3) is 9.81 Å². The number of halogens is 6. The summed E-state index contributed by atoms with van der Waals surface area (Å²) in [5, 5.41) is 2.99. The smallest absolute Gasteiger partial charge is 0.380 e. The summed E-state index contributed by atoms with van der Waals surface area (Å²) in [7, 11) is 0. The first kappa shape index (κ1) is 53.3. The molecule has 370 valence electrons. The van der Waals surface area contributed by atoms with Crippen LogP contribution >= 0.6 is 23.5 Å². The van der Waals surface area contributed by atoms with E-state index in [0.29, 0.717) is 45.4 Å². The topological polar surface area (TPSA) is 38.3 Å². The van der Waals surface area contributed by atoms with Crippen molar-refractivity contribution in [3.05, 3.63) is 99.7 Å². The van der Waals surface area contributed by atoms with E-state index >= 15 is 26.3 Å². The summed E-state index contributed by atoms with van der Waals surface area (Å²) in [4.78, 5) is 14.1. The van der Waals surface area contributed by atoms with Crippen LogP contribution in [-0.4, -0.2) is 46.3 Å². The minimum atomic E-state index is -5.63. The van der Waals surface area contributed by atoms with E-state index in [1.54, 1.807) is 62.4 Å². The van der Waals surface area contributed by atoms with Gasteiger partial charge >= 0.3 is 17.8 Å². The van der Waals surface area contributed by atoms with Gasteiger partial charge in [0, 0.05) is 33.1 Å². The van der Waals surface area contributed by atoms with Crippen LogP contribution in [0, 0.1) is 0 Å². The lowest BCUT2D eigenvalue weighted by molar-refractivity contribution is -0.258. The first-order valence-corrected chi connectivity index (χ1v) is 27.3. The van der Waals surface area contributed by atoms with Gasteiger partial charge < -0.3 is 10.1 Å². The molecule has 67 heavy (non-hydrogen) atoms. The van der Waals surface area contributed by atoms with Crippen LogP contribution in [-0.2, 0) is 0 Å². The van der Waals surface area contributed by atoms with Crippen molar-refractivity contribution >= 4 is 39.2 Å². The number of carbonyl (C=O) groups excluding carboxylic acids is 1. The quantitative estimate of drug-likeness (QED) is 0.0625. The predicted octanol–water partition coefficient (Wildman–Crippen LogP) is 18.1. The van der Waals surface area contributed by atoms with E-state index in [4.69, 9.17) is 4.74 Å². The molecule has 6 rings (SSSR count). The van der Waals surface area contributed by atoms with Crippen LogP contribution in [0.15, 0.2) is 83.0 Å². The molecule has 0 bridgehead atoms. The van der Waals surface area contributed by atoms with E-state index in [1.807, 2.05) is 0 Å². The van der Waals surface area contributed by atoms with Crippen molar-refractivity contribution in [2.45, 2.75) is 209 Å². The Bertz CT molecular complexity index is 2080. The zero-order chi connectivity index (χ0) is 48.1. The second-order valence-electron chi connectivity index (χ2n) is 19.6. The molecule has 1 amide bonds. The molecule has 0 aromatic heterocycles. The fraction of sp³-hybridized carbons (Fsp3) is 0.625. The van der Waals surface area contributed by atoms with Crippen molar-refractivity contribution < 1.29 is 35.9 Å². The van der Waals surface area contributed by atoms with E-state index in [2.05, 4.69) is 19.2 Å². The highest BCUT2D eigenvalue weighted by atomic mass is 32.2. The summed E-state index contributed by atoms with van der Waals surface area (Å²) in [6.45, 7) is 8.99. The monoisotopic (exact) mass is 972 g/mol. The van der Waals surface area contributed by atoms with Gasteiger partial charge in [-0.05, 0) is 85.4 Å². The Morgan fingerprint density at radius 2 is 0.866 bits per heavy atom. The average molecular weight is 972 g/mol. The van der Waals surface area contributed by atoms with E-state index in [9.17, 15) is 4.79 Å². The maximum absolute atomic E-state index is 16.0. The average Bonchev–Trinajstić information content (AvgIpc) is 3.90. The Morgan fingerprint density at radius 1 is 0.507 bits per heavy atom. The number of ether oxygens (including phenoxy) is 1. The number of hydrogen-bond acceptors (Lipinski definition) is 4. The summed E-state index contributed by atoms with van der Waals surface area (Å²) in [6.07, 6.45) is 32.5. The predicted molar refractivity (Wildman–Crippen MR) is 270 cm³/mol. The highest BCUT2D eigenvalue weighted by Gasteiger charge is 2.84. The molecule has 0 spiro atoms. The Balaban J connectivity index is 1.05. The third-order valence-electron chi connectivity index (χ3n) is 14.5. The number of unbranched alkanes of at least 4 members (excludes halogenated alkanes) is 22. The highest BCUT2D eigenvalue weighted by Crippen LogP contribution is 2.75. The third kappa shape index (κ3) is 11.9. The second-order valence-corrected chi connectivity index (χ2v) is 22.5. The van der Waals surface area contributed by atoms with Gasteiger partial charge in [0.2, 0.25) is 0 Å². The maximum Gasteiger partial charge on any atom is 0.380 e. The lowest BCUT2D eigenvalue weighted by atomic mass is 9.71. The van der Waals surface area contributed by atoms with E-state index in [0.717, 1.165) is 32.1 Å². The zero-order valence-corrected chi connectivity index (χ0v) is 42.2. The van der Waals surface area contributed by atoms with Gasteiger partial charge in [-0.15, -0.1) is 23.5 Å². The number of benzene rings is 2. The maximum atomic E-state index is 16.0. The molecule has 2 aromatic rings. The number of hydrogen-bond donors (Lipinski definition) is 1. The lowest BCUT2D eigenvalue weighted by Gasteiger charge is -2.47. The number of alkyl halides is 6. The molecule has 1 fully saturated rings. The fourth-order valence-electron chi connectivity index (χ4n) is 10.1. The van der Waals surface area contributed by atoms with Gasteiger partial charge in [0.15, 0.2) is 0 Å².